The summed E-state index contributed by atoms with van der Waals surface area (Å²) in [6.07, 6.45) is 1.64. The summed E-state index contributed by atoms with van der Waals surface area (Å²) in [5, 5.41) is 3.84. The lowest BCUT2D eigenvalue weighted by Crippen LogP contribution is -2.39. The van der Waals surface area contributed by atoms with Gasteiger partial charge in [-0.1, -0.05) is 22.8 Å². The van der Waals surface area contributed by atoms with Gasteiger partial charge in [0.05, 0.1) is 23.5 Å². The van der Waals surface area contributed by atoms with E-state index < -0.39 is 23.0 Å². The minimum absolute atomic E-state index is 0.0223. The number of imidazole rings is 1. The highest BCUT2D eigenvalue weighted by molar-refractivity contribution is 6.33. The smallest absolute Gasteiger partial charge is 0.344 e. The van der Waals surface area contributed by atoms with Crippen LogP contribution in [0.4, 0.5) is 4.39 Å². The summed E-state index contributed by atoms with van der Waals surface area (Å²) < 4.78 is 28.6. The zero-order valence-electron chi connectivity index (χ0n) is 18.0. The first-order valence-electron chi connectivity index (χ1n) is 9.91. The van der Waals surface area contributed by atoms with Gasteiger partial charge in [-0.05, 0) is 25.5 Å². The van der Waals surface area contributed by atoms with Crippen LogP contribution in [-0.2, 0) is 25.4 Å². The molecule has 172 valence electrons. The summed E-state index contributed by atoms with van der Waals surface area (Å²) in [5.41, 5.74) is -0.603. The van der Waals surface area contributed by atoms with Crippen LogP contribution in [0.25, 0.3) is 22.4 Å². The number of hydrogen-bond acceptors (Lipinski definition) is 7. The summed E-state index contributed by atoms with van der Waals surface area (Å²) >= 11 is 6.09. The molecule has 4 aromatic rings. The molecule has 1 aromatic carbocycles. The van der Waals surface area contributed by atoms with Gasteiger partial charge in [0, 0.05) is 20.6 Å². The number of fused-ring (bicyclic) bond motifs is 1. The Morgan fingerprint density at radius 3 is 2.76 bits per heavy atom. The van der Waals surface area contributed by atoms with Crippen LogP contribution in [0.3, 0.4) is 0 Å². The summed E-state index contributed by atoms with van der Waals surface area (Å²) in [6.45, 7) is 1.41. The van der Waals surface area contributed by atoms with E-state index in [0.29, 0.717) is 5.52 Å². The SMILES string of the molecule is Cc1onc(-c2c(F)cccc2Cl)c1C(=O)OCCCn1c(=O)c2c(ncn2C)n(C)c1=O. The fourth-order valence-electron chi connectivity index (χ4n) is 3.56. The van der Waals surface area contributed by atoms with Crippen molar-refractivity contribution < 1.29 is 18.4 Å². The summed E-state index contributed by atoms with van der Waals surface area (Å²) in [7, 11) is 3.19. The molecule has 0 bridgehead atoms. The van der Waals surface area contributed by atoms with Crippen molar-refractivity contribution in [1.82, 2.24) is 23.8 Å². The Balaban J connectivity index is 1.51. The van der Waals surface area contributed by atoms with Crippen LogP contribution in [0.1, 0.15) is 22.5 Å². The Labute approximate surface area is 190 Å². The molecule has 0 atom stereocenters. The predicted molar refractivity (Wildman–Crippen MR) is 117 cm³/mol. The van der Waals surface area contributed by atoms with Crippen molar-refractivity contribution in [3.05, 3.63) is 67.5 Å². The monoisotopic (exact) mass is 475 g/mol. The minimum atomic E-state index is -0.787. The third-order valence-corrected chi connectivity index (χ3v) is 5.54. The molecule has 0 unspecified atom stereocenters. The largest absolute Gasteiger partial charge is 0.462 e. The van der Waals surface area contributed by atoms with Crippen LogP contribution in [-0.4, -0.2) is 36.4 Å². The van der Waals surface area contributed by atoms with E-state index in [9.17, 15) is 18.8 Å². The number of hydrogen-bond donors (Lipinski definition) is 0. The maximum atomic E-state index is 14.3. The predicted octanol–water partition coefficient (Wildman–Crippen LogP) is 2.44. The van der Waals surface area contributed by atoms with Crippen LogP contribution in [0.2, 0.25) is 5.02 Å². The lowest BCUT2D eigenvalue weighted by Gasteiger charge is -2.09. The van der Waals surface area contributed by atoms with Gasteiger partial charge < -0.3 is 13.8 Å². The Hall–Kier alpha value is -3.73. The average Bonchev–Trinajstić information content (AvgIpc) is 3.34. The van der Waals surface area contributed by atoms with E-state index in [1.54, 1.807) is 7.05 Å². The first kappa shape index (κ1) is 22.5. The van der Waals surface area contributed by atoms with E-state index >= 15 is 0 Å². The number of rotatable bonds is 6. The van der Waals surface area contributed by atoms with Gasteiger partial charge in [-0.3, -0.25) is 13.9 Å². The highest BCUT2D eigenvalue weighted by atomic mass is 35.5. The lowest BCUT2D eigenvalue weighted by atomic mass is 10.1. The number of halogens is 2. The average molecular weight is 476 g/mol. The second kappa shape index (κ2) is 8.66. The molecule has 4 rings (SSSR count). The van der Waals surface area contributed by atoms with Crippen molar-refractivity contribution in [3.8, 4) is 11.3 Å². The van der Waals surface area contributed by atoms with Crippen LogP contribution in [0.5, 0.6) is 0 Å². The van der Waals surface area contributed by atoms with Crippen molar-refractivity contribution in [2.24, 2.45) is 14.1 Å². The molecular weight excluding hydrogens is 457 g/mol. The number of carbonyl (C=O) groups is 1. The Kier molecular flexibility index (Phi) is 5.90. The number of aryl methyl sites for hydroxylation is 3. The van der Waals surface area contributed by atoms with Gasteiger partial charge in [0.15, 0.2) is 11.2 Å². The van der Waals surface area contributed by atoms with E-state index in [2.05, 4.69) is 10.1 Å². The Morgan fingerprint density at radius 2 is 2.03 bits per heavy atom. The van der Waals surface area contributed by atoms with Crippen LogP contribution < -0.4 is 11.2 Å². The summed E-state index contributed by atoms with van der Waals surface area (Å²) in [5.74, 6) is -1.31. The van der Waals surface area contributed by atoms with E-state index in [4.69, 9.17) is 20.9 Å². The van der Waals surface area contributed by atoms with Crippen LogP contribution in [0, 0.1) is 12.7 Å². The quantitative estimate of drug-likeness (QED) is 0.311. The van der Waals surface area contributed by atoms with Gasteiger partial charge in [0.2, 0.25) is 0 Å². The van der Waals surface area contributed by atoms with Crippen LogP contribution in [0.15, 0.2) is 38.6 Å². The molecule has 0 amide bonds. The minimum Gasteiger partial charge on any atom is -0.462 e. The maximum absolute atomic E-state index is 14.3. The van der Waals surface area contributed by atoms with E-state index in [-0.39, 0.29) is 52.8 Å². The molecule has 0 N–H and O–H groups in total. The second-order valence-electron chi connectivity index (χ2n) is 7.37. The number of aromatic nitrogens is 5. The number of ether oxygens (including phenoxy) is 1. The highest BCUT2D eigenvalue weighted by Crippen LogP contribution is 2.33. The molecule has 0 fully saturated rings. The van der Waals surface area contributed by atoms with Gasteiger partial charge in [0.1, 0.15) is 22.8 Å². The van der Waals surface area contributed by atoms with Gasteiger partial charge in [-0.2, -0.15) is 0 Å². The van der Waals surface area contributed by atoms with Crippen LogP contribution >= 0.6 is 11.6 Å². The normalized spacial score (nSPS) is 11.3. The van der Waals surface area contributed by atoms with Crippen molar-refractivity contribution in [2.45, 2.75) is 19.9 Å². The van der Waals surface area contributed by atoms with Crippen molar-refractivity contribution >= 4 is 28.7 Å². The van der Waals surface area contributed by atoms with Crippen molar-refractivity contribution in [3.63, 3.8) is 0 Å². The molecule has 0 saturated heterocycles. The van der Waals surface area contributed by atoms with E-state index in [1.807, 2.05) is 0 Å². The molecule has 3 aromatic heterocycles. The molecule has 12 heteroatoms. The fraction of sp³-hybridized carbons (Fsp3) is 0.286. The van der Waals surface area contributed by atoms with Gasteiger partial charge >= 0.3 is 11.7 Å². The molecule has 0 saturated carbocycles. The third kappa shape index (κ3) is 3.84. The topological polar surface area (TPSA) is 114 Å². The number of esters is 1. The summed E-state index contributed by atoms with van der Waals surface area (Å²) in [4.78, 5) is 42.0. The molecule has 0 spiro atoms. The Bertz CT molecular complexity index is 1480. The zero-order valence-corrected chi connectivity index (χ0v) is 18.7. The second-order valence-corrected chi connectivity index (χ2v) is 7.78. The molecule has 33 heavy (non-hydrogen) atoms. The molecule has 0 radical (unpaired) electrons. The number of benzene rings is 1. The van der Waals surface area contributed by atoms with Gasteiger partial charge in [0.25, 0.3) is 5.56 Å². The third-order valence-electron chi connectivity index (χ3n) is 5.23. The standard InChI is InChI=1S/C21H19ClFN5O5/c1-11-14(16(25-33-11)15-12(22)6-4-7-13(15)23)20(30)32-9-5-8-28-19(29)17-18(24-10-26(17)2)27(3)21(28)31/h4,6-7,10H,5,8-9H2,1-3H3. The molecule has 0 aliphatic carbocycles. The van der Waals surface area contributed by atoms with Gasteiger partial charge in [-0.25, -0.2) is 19.0 Å². The first-order chi connectivity index (χ1) is 15.7. The summed E-state index contributed by atoms with van der Waals surface area (Å²) in [6, 6.07) is 4.09. The molecule has 3 heterocycles. The van der Waals surface area contributed by atoms with E-state index in [0.717, 1.165) is 4.57 Å². The molecular formula is C21H19ClFN5O5. The Morgan fingerprint density at radius 1 is 1.27 bits per heavy atom. The molecule has 0 aliphatic heterocycles. The van der Waals surface area contributed by atoms with Gasteiger partial charge in [-0.15, -0.1) is 0 Å². The zero-order chi connectivity index (χ0) is 23.9. The highest BCUT2D eigenvalue weighted by Gasteiger charge is 2.26. The fourth-order valence-corrected chi connectivity index (χ4v) is 3.81. The molecule has 10 nitrogen and oxygen atoms in total. The van der Waals surface area contributed by atoms with E-state index in [1.165, 1.54) is 47.6 Å². The first-order valence-corrected chi connectivity index (χ1v) is 10.3. The molecule has 0 aliphatic rings. The van der Waals surface area contributed by atoms with Crippen molar-refractivity contribution in [1.29, 1.82) is 0 Å². The maximum Gasteiger partial charge on any atom is 0.344 e. The number of nitrogens with zero attached hydrogens (tertiary/aromatic N) is 5. The lowest BCUT2D eigenvalue weighted by molar-refractivity contribution is 0.0494. The van der Waals surface area contributed by atoms with Crippen molar-refractivity contribution in [2.75, 3.05) is 6.61 Å². The number of carbonyl (C=O) groups excluding carboxylic acids is 1.